The molecule has 3 aromatic rings. The lowest BCUT2D eigenvalue weighted by atomic mass is 9.95. The zero-order valence-corrected chi connectivity index (χ0v) is 17.8. The molecule has 0 aromatic heterocycles. The molecule has 1 heterocycles. The average Bonchev–Trinajstić information content (AvgIpc) is 2.83. The fraction of sp³-hybridized carbons (Fsp3) is 0.0870. The summed E-state index contributed by atoms with van der Waals surface area (Å²) in [5.41, 5.74) is -0.226. The predicted molar refractivity (Wildman–Crippen MR) is 117 cm³/mol. The van der Waals surface area contributed by atoms with E-state index >= 15 is 0 Å². The van der Waals surface area contributed by atoms with Gasteiger partial charge in [-0.25, -0.2) is 8.42 Å². The van der Waals surface area contributed by atoms with Gasteiger partial charge in [-0.15, -0.1) is 0 Å². The fourth-order valence-electron chi connectivity index (χ4n) is 3.63. The number of fused-ring (bicyclic) bond motifs is 1. The van der Waals surface area contributed by atoms with Crippen LogP contribution in [0.3, 0.4) is 0 Å². The maximum absolute atomic E-state index is 13.4. The molecule has 0 fully saturated rings. The molecule has 1 atom stereocenters. The Morgan fingerprint density at radius 1 is 0.879 bits per heavy atom. The first kappa shape index (κ1) is 22.2. The topological polar surface area (TPSA) is 132 Å². The number of non-ortho nitro benzene ring substituents is 1. The SMILES string of the molecule is O=C(CN1[C@H](C(=O)c2ccccc2)C(=O)c2ccccc2S1(=O)=O)c1ccc([N+](=O)[O-])cc1. The number of benzene rings is 3. The van der Waals surface area contributed by atoms with Crippen LogP contribution in [-0.4, -0.2) is 47.6 Å². The number of ketones is 3. The number of nitro groups is 1. The van der Waals surface area contributed by atoms with E-state index in [2.05, 4.69) is 0 Å². The Balaban J connectivity index is 1.78. The van der Waals surface area contributed by atoms with E-state index in [9.17, 15) is 32.9 Å². The minimum atomic E-state index is -4.38. The van der Waals surface area contributed by atoms with E-state index in [0.29, 0.717) is 4.31 Å². The largest absolute Gasteiger partial charge is 0.293 e. The number of sulfonamides is 1. The first-order valence-corrected chi connectivity index (χ1v) is 11.2. The van der Waals surface area contributed by atoms with Crippen LogP contribution >= 0.6 is 0 Å². The summed E-state index contributed by atoms with van der Waals surface area (Å²) in [6.45, 7) is -0.788. The normalized spacial score (nSPS) is 17.2. The molecule has 0 saturated carbocycles. The second kappa shape index (κ2) is 8.49. The Bertz CT molecular complexity index is 1380. The molecule has 0 bridgehead atoms. The molecule has 1 aliphatic heterocycles. The number of hydrogen-bond acceptors (Lipinski definition) is 7. The van der Waals surface area contributed by atoms with Gasteiger partial charge in [-0.1, -0.05) is 42.5 Å². The van der Waals surface area contributed by atoms with Gasteiger partial charge in [0.05, 0.1) is 16.4 Å². The monoisotopic (exact) mass is 464 g/mol. The van der Waals surface area contributed by atoms with E-state index in [-0.39, 0.29) is 27.3 Å². The van der Waals surface area contributed by atoms with Gasteiger partial charge in [0.1, 0.15) is 0 Å². The Morgan fingerprint density at radius 2 is 1.48 bits per heavy atom. The molecule has 3 aromatic carbocycles. The summed E-state index contributed by atoms with van der Waals surface area (Å²) in [6.07, 6.45) is 0. The van der Waals surface area contributed by atoms with Crippen molar-refractivity contribution < 1.29 is 27.7 Å². The molecule has 0 unspecified atom stereocenters. The molecular weight excluding hydrogens is 448 g/mol. The standard InChI is InChI=1S/C23H16N2O7S/c26-19(15-10-12-17(13-11-15)25(29)30)14-24-21(22(27)16-6-2-1-3-7-16)23(28)18-8-4-5-9-20(18)33(24,31)32/h1-13,21H,14H2/t21-/m1/s1. The van der Waals surface area contributed by atoms with Gasteiger partial charge in [0.15, 0.2) is 23.4 Å². The van der Waals surface area contributed by atoms with Crippen molar-refractivity contribution in [1.29, 1.82) is 0 Å². The van der Waals surface area contributed by atoms with Gasteiger partial charge in [-0.2, -0.15) is 4.31 Å². The molecule has 9 nitrogen and oxygen atoms in total. The summed E-state index contributed by atoms with van der Waals surface area (Å²) in [6, 6.07) is 16.1. The minimum absolute atomic E-state index is 0.00742. The molecule has 0 aliphatic carbocycles. The molecule has 0 saturated heterocycles. The number of carbonyl (C=O) groups excluding carboxylic acids is 3. The molecule has 10 heteroatoms. The van der Waals surface area contributed by atoms with Crippen molar-refractivity contribution in [3.63, 3.8) is 0 Å². The van der Waals surface area contributed by atoms with Gasteiger partial charge in [0, 0.05) is 28.8 Å². The summed E-state index contributed by atoms with van der Waals surface area (Å²) in [7, 11) is -4.38. The number of nitrogens with zero attached hydrogens (tertiary/aromatic N) is 2. The maximum atomic E-state index is 13.4. The van der Waals surface area contributed by atoms with Crippen molar-refractivity contribution in [3.05, 3.63) is 106 Å². The van der Waals surface area contributed by atoms with Crippen LogP contribution in [0.2, 0.25) is 0 Å². The van der Waals surface area contributed by atoms with E-state index in [0.717, 1.165) is 12.1 Å². The molecule has 1 aliphatic rings. The third-order valence-electron chi connectivity index (χ3n) is 5.28. The fourth-order valence-corrected chi connectivity index (χ4v) is 5.33. The first-order chi connectivity index (χ1) is 15.7. The molecule has 4 rings (SSSR count). The maximum Gasteiger partial charge on any atom is 0.269 e. The van der Waals surface area contributed by atoms with Crippen LogP contribution < -0.4 is 0 Å². The number of nitro benzene ring substituents is 1. The van der Waals surface area contributed by atoms with E-state index < -0.39 is 44.9 Å². The Kier molecular flexibility index (Phi) is 5.71. The lowest BCUT2D eigenvalue weighted by molar-refractivity contribution is -0.384. The highest BCUT2D eigenvalue weighted by Gasteiger charge is 2.48. The quantitative estimate of drug-likeness (QED) is 0.237. The van der Waals surface area contributed by atoms with Crippen LogP contribution in [-0.2, 0) is 10.0 Å². The molecule has 0 N–H and O–H groups in total. The van der Waals surface area contributed by atoms with E-state index in [4.69, 9.17) is 0 Å². The number of rotatable bonds is 6. The van der Waals surface area contributed by atoms with Crippen LogP contribution in [0.5, 0.6) is 0 Å². The molecule has 0 radical (unpaired) electrons. The number of carbonyl (C=O) groups is 3. The Labute approximate surface area is 188 Å². The zero-order chi connectivity index (χ0) is 23.8. The third-order valence-corrected chi connectivity index (χ3v) is 7.15. The molecule has 33 heavy (non-hydrogen) atoms. The second-order valence-corrected chi connectivity index (χ2v) is 9.13. The van der Waals surface area contributed by atoms with Crippen LogP contribution in [0.25, 0.3) is 0 Å². The van der Waals surface area contributed by atoms with Gasteiger partial charge >= 0.3 is 0 Å². The third kappa shape index (κ3) is 3.97. The van der Waals surface area contributed by atoms with E-state index in [1.165, 1.54) is 48.5 Å². The van der Waals surface area contributed by atoms with Gasteiger partial charge in [0.25, 0.3) is 5.69 Å². The van der Waals surface area contributed by atoms with Crippen molar-refractivity contribution in [2.45, 2.75) is 10.9 Å². The lowest BCUT2D eigenvalue weighted by Crippen LogP contribution is -2.54. The molecule has 0 amide bonds. The second-order valence-electron chi connectivity index (χ2n) is 7.27. The predicted octanol–water partition coefficient (Wildman–Crippen LogP) is 2.92. The average molecular weight is 464 g/mol. The summed E-state index contributed by atoms with van der Waals surface area (Å²) >= 11 is 0. The van der Waals surface area contributed by atoms with Crippen LogP contribution in [0.4, 0.5) is 5.69 Å². The molecule has 0 spiro atoms. The number of Topliss-reactive ketones (excluding diaryl/α,β-unsaturated/α-hetero) is 3. The highest BCUT2D eigenvalue weighted by atomic mass is 32.2. The highest BCUT2D eigenvalue weighted by molar-refractivity contribution is 7.89. The Morgan fingerprint density at radius 3 is 2.12 bits per heavy atom. The first-order valence-electron chi connectivity index (χ1n) is 9.74. The van der Waals surface area contributed by atoms with Crippen molar-refractivity contribution in [2.75, 3.05) is 6.54 Å². The van der Waals surface area contributed by atoms with Crippen LogP contribution in [0.15, 0.2) is 83.8 Å². The number of hydrogen-bond donors (Lipinski definition) is 0. The summed E-state index contributed by atoms with van der Waals surface area (Å²) < 4.78 is 27.4. The Hall–Kier alpha value is -4.02. The summed E-state index contributed by atoms with van der Waals surface area (Å²) in [5, 5.41) is 10.8. The van der Waals surface area contributed by atoms with Gasteiger partial charge < -0.3 is 0 Å². The van der Waals surface area contributed by atoms with E-state index in [1.54, 1.807) is 18.2 Å². The minimum Gasteiger partial charge on any atom is -0.293 e. The molecule has 166 valence electrons. The van der Waals surface area contributed by atoms with E-state index in [1.807, 2.05) is 0 Å². The van der Waals surface area contributed by atoms with Crippen LogP contribution in [0.1, 0.15) is 31.1 Å². The van der Waals surface area contributed by atoms with Gasteiger partial charge in [-0.3, -0.25) is 24.5 Å². The van der Waals surface area contributed by atoms with Crippen molar-refractivity contribution >= 4 is 33.1 Å². The van der Waals surface area contributed by atoms with Crippen LogP contribution in [0, 0.1) is 10.1 Å². The van der Waals surface area contributed by atoms with Crippen molar-refractivity contribution in [1.82, 2.24) is 4.31 Å². The summed E-state index contributed by atoms with van der Waals surface area (Å²) in [5.74, 6) is -2.20. The van der Waals surface area contributed by atoms with Crippen molar-refractivity contribution in [2.24, 2.45) is 0 Å². The van der Waals surface area contributed by atoms with Crippen molar-refractivity contribution in [3.8, 4) is 0 Å². The molecular formula is C23H16N2O7S. The highest BCUT2D eigenvalue weighted by Crippen LogP contribution is 2.32. The lowest BCUT2D eigenvalue weighted by Gasteiger charge is -2.33. The van der Waals surface area contributed by atoms with Gasteiger partial charge in [-0.05, 0) is 24.3 Å². The van der Waals surface area contributed by atoms with Gasteiger partial charge in [0.2, 0.25) is 10.0 Å². The smallest absolute Gasteiger partial charge is 0.269 e. The summed E-state index contributed by atoms with van der Waals surface area (Å²) in [4.78, 5) is 49.3. The zero-order valence-electron chi connectivity index (χ0n) is 17.0.